The van der Waals surface area contributed by atoms with Crippen molar-refractivity contribution in [2.24, 2.45) is 10.1 Å². The smallest absolute Gasteiger partial charge is 0.200 e. The van der Waals surface area contributed by atoms with Crippen LogP contribution in [0.2, 0.25) is 0 Å². The predicted molar refractivity (Wildman–Crippen MR) is 97.4 cm³/mol. The van der Waals surface area contributed by atoms with E-state index < -0.39 is 42.3 Å². The number of amidine groups is 1. The fourth-order valence-corrected chi connectivity index (χ4v) is 3.65. The third-order valence-corrected chi connectivity index (χ3v) is 5.09. The second kappa shape index (κ2) is 7.64. The van der Waals surface area contributed by atoms with E-state index in [1.165, 1.54) is 13.2 Å². The van der Waals surface area contributed by atoms with Crippen LogP contribution in [0.5, 0.6) is 0 Å². The van der Waals surface area contributed by atoms with Gasteiger partial charge in [0.05, 0.1) is 0 Å². The van der Waals surface area contributed by atoms with Crippen molar-refractivity contribution in [1.82, 2.24) is 4.57 Å². The van der Waals surface area contributed by atoms with E-state index in [4.69, 9.17) is 9.57 Å². The zero-order valence-electron chi connectivity index (χ0n) is 15.3. The van der Waals surface area contributed by atoms with E-state index in [0.717, 1.165) is 17.8 Å². The number of nitrogens with zero attached hydrogens (tertiary/aromatic N) is 3. The summed E-state index contributed by atoms with van der Waals surface area (Å²) in [5, 5.41) is 35.4. The predicted octanol–water partition coefficient (Wildman–Crippen LogP) is 1.05. The molecular weight excluding hydrogens is 388 g/mol. The largest absolute Gasteiger partial charge is 0.397 e. The number of rotatable bonds is 4. The molecule has 0 saturated carbocycles. The van der Waals surface area contributed by atoms with Crippen molar-refractivity contribution in [3.8, 4) is 0 Å². The average Bonchev–Trinajstić information content (AvgIpc) is 3.26. The number of hydrogen-bond donors (Lipinski definition) is 3. The molecule has 0 amide bonds. The molecule has 8 nitrogen and oxygen atoms in total. The maximum atomic E-state index is 13.5. The summed E-state index contributed by atoms with van der Waals surface area (Å²) in [6.07, 6.45) is -2.83. The molecular formula is C19H19F2N3O5. The minimum Gasteiger partial charge on any atom is -0.397 e. The number of aliphatic hydroxyl groups is 3. The summed E-state index contributed by atoms with van der Waals surface area (Å²) in [6.45, 7) is 0. The minimum atomic E-state index is -1.47. The van der Waals surface area contributed by atoms with Gasteiger partial charge in [0.2, 0.25) is 0 Å². The molecule has 3 N–H and O–H groups in total. The van der Waals surface area contributed by atoms with Crippen molar-refractivity contribution in [3.05, 3.63) is 58.9 Å². The zero-order valence-corrected chi connectivity index (χ0v) is 15.3. The Labute approximate surface area is 164 Å². The number of aliphatic imine (C=N–C) groups is 1. The average molecular weight is 407 g/mol. The molecule has 1 fully saturated rings. The quantitative estimate of drug-likeness (QED) is 0.657. The Hall–Kier alpha value is -2.66. The van der Waals surface area contributed by atoms with Crippen LogP contribution in [0.25, 0.3) is 0 Å². The molecule has 29 heavy (non-hydrogen) atoms. The summed E-state index contributed by atoms with van der Waals surface area (Å²) >= 11 is 0. The third-order valence-electron chi connectivity index (χ3n) is 5.09. The summed E-state index contributed by atoms with van der Waals surface area (Å²) in [5.41, 5.74) is 1.44. The van der Waals surface area contributed by atoms with Gasteiger partial charge in [0, 0.05) is 30.1 Å². The number of aliphatic hydroxyl groups excluding tert-OH is 3. The highest BCUT2D eigenvalue weighted by Gasteiger charge is 2.47. The molecule has 154 valence electrons. The van der Waals surface area contributed by atoms with Crippen molar-refractivity contribution in [2.75, 3.05) is 7.11 Å². The van der Waals surface area contributed by atoms with E-state index in [1.807, 2.05) is 0 Å². The molecule has 4 rings (SSSR count). The van der Waals surface area contributed by atoms with E-state index in [-0.39, 0.29) is 5.56 Å². The highest BCUT2D eigenvalue weighted by atomic mass is 19.2. The van der Waals surface area contributed by atoms with Crippen LogP contribution in [-0.2, 0) is 16.0 Å². The third kappa shape index (κ3) is 3.33. The second-order valence-electron chi connectivity index (χ2n) is 6.79. The van der Waals surface area contributed by atoms with E-state index in [9.17, 15) is 24.1 Å². The Morgan fingerprint density at radius 1 is 1.24 bits per heavy atom. The first-order chi connectivity index (χ1) is 13.9. The van der Waals surface area contributed by atoms with Gasteiger partial charge in [-0.05, 0) is 23.8 Å². The molecule has 2 aromatic rings. The molecule has 2 aliphatic rings. The molecule has 5 atom stereocenters. The lowest BCUT2D eigenvalue weighted by Gasteiger charge is -2.22. The fraction of sp³-hybridized carbons (Fsp3) is 0.368. The standard InChI is InChI=1S/C19H19F2N3O5/c1-28-23-18-10-5-7-24(13(10)4-6-22-18)19-16(27)15(26)17(29-19)14(25)9-2-3-11(20)12(21)8-9/h2-3,5-8,14-17,19,25-27H,4H2,1H3/b23-18-/t14-,15+,16-,17-,19-/m1/s1. The van der Waals surface area contributed by atoms with Gasteiger partial charge in [0.25, 0.3) is 0 Å². The maximum absolute atomic E-state index is 13.5. The Morgan fingerprint density at radius 3 is 2.76 bits per heavy atom. The van der Waals surface area contributed by atoms with E-state index in [0.29, 0.717) is 17.8 Å². The first-order valence-corrected chi connectivity index (χ1v) is 8.90. The van der Waals surface area contributed by atoms with E-state index in [1.54, 1.807) is 23.0 Å². The highest BCUT2D eigenvalue weighted by Crippen LogP contribution is 2.38. The van der Waals surface area contributed by atoms with Gasteiger partial charge in [-0.25, -0.2) is 13.8 Å². The first-order valence-electron chi connectivity index (χ1n) is 8.90. The van der Waals surface area contributed by atoms with Crippen molar-refractivity contribution >= 4 is 12.1 Å². The molecule has 3 heterocycles. The van der Waals surface area contributed by atoms with Gasteiger partial charge in [-0.15, -0.1) is 0 Å². The van der Waals surface area contributed by atoms with Crippen LogP contribution in [0.1, 0.15) is 29.2 Å². The number of oxime groups is 1. The SMILES string of the molecule is CO/N=C1\N=CCc2c1ccn2[C@@H]1O[C@H]([C@H](O)c2ccc(F)c(F)c2)[C@@H](O)[C@H]1O. The first kappa shape index (κ1) is 19.6. The molecule has 0 spiro atoms. The van der Waals surface area contributed by atoms with Gasteiger partial charge in [-0.3, -0.25) is 0 Å². The summed E-state index contributed by atoms with van der Waals surface area (Å²) in [4.78, 5) is 8.94. The molecule has 10 heteroatoms. The van der Waals surface area contributed by atoms with E-state index >= 15 is 0 Å². The normalized spacial score (nSPS) is 28.6. The number of fused-ring (bicyclic) bond motifs is 1. The van der Waals surface area contributed by atoms with Crippen molar-refractivity contribution in [1.29, 1.82) is 0 Å². The number of aromatic nitrogens is 1. The molecule has 0 radical (unpaired) electrons. The summed E-state index contributed by atoms with van der Waals surface area (Å²) < 4.78 is 34.1. The van der Waals surface area contributed by atoms with Crippen molar-refractivity contribution in [3.63, 3.8) is 0 Å². The van der Waals surface area contributed by atoms with Gasteiger partial charge in [-0.1, -0.05) is 11.2 Å². The summed E-state index contributed by atoms with van der Waals surface area (Å²) in [5.74, 6) is -1.82. The Kier molecular flexibility index (Phi) is 5.17. The monoisotopic (exact) mass is 407 g/mol. The number of benzene rings is 1. The molecule has 1 aromatic heterocycles. The molecule has 0 bridgehead atoms. The molecule has 1 saturated heterocycles. The second-order valence-corrected chi connectivity index (χ2v) is 6.79. The highest BCUT2D eigenvalue weighted by molar-refractivity contribution is 6.06. The Bertz CT molecular complexity index is 977. The van der Waals surface area contributed by atoms with E-state index in [2.05, 4.69) is 10.1 Å². The van der Waals surface area contributed by atoms with Crippen LogP contribution >= 0.6 is 0 Å². The molecule has 0 unspecified atom stereocenters. The summed E-state index contributed by atoms with van der Waals surface area (Å²) in [6, 6.07) is 4.63. The van der Waals surface area contributed by atoms with Crippen LogP contribution in [-0.4, -0.2) is 57.4 Å². The van der Waals surface area contributed by atoms with Crippen molar-refractivity contribution < 1.29 is 33.7 Å². The fourth-order valence-electron chi connectivity index (χ4n) is 3.65. The zero-order chi connectivity index (χ0) is 20.7. The van der Waals surface area contributed by atoms with Crippen LogP contribution in [0.15, 0.2) is 40.6 Å². The number of ether oxygens (including phenoxy) is 1. The molecule has 2 aliphatic heterocycles. The van der Waals surface area contributed by atoms with Gasteiger partial charge in [0.15, 0.2) is 23.7 Å². The van der Waals surface area contributed by atoms with Gasteiger partial charge in [0.1, 0.15) is 31.5 Å². The minimum absolute atomic E-state index is 0.0250. The van der Waals surface area contributed by atoms with Crippen molar-refractivity contribution in [2.45, 2.75) is 37.1 Å². The van der Waals surface area contributed by atoms with Crippen LogP contribution in [0.4, 0.5) is 8.78 Å². The van der Waals surface area contributed by atoms with Gasteiger partial charge >= 0.3 is 0 Å². The van der Waals surface area contributed by atoms with Crippen LogP contribution in [0, 0.1) is 11.6 Å². The maximum Gasteiger partial charge on any atom is 0.200 e. The number of halogens is 2. The topological polar surface area (TPSA) is 109 Å². The molecule has 0 aliphatic carbocycles. The Balaban J connectivity index is 1.62. The number of hydrogen-bond acceptors (Lipinski definition) is 6. The lowest BCUT2D eigenvalue weighted by atomic mass is 9.99. The van der Waals surface area contributed by atoms with Gasteiger partial charge in [-0.2, -0.15) is 0 Å². The van der Waals surface area contributed by atoms with Gasteiger partial charge < -0.3 is 29.5 Å². The van der Waals surface area contributed by atoms with Crippen LogP contribution < -0.4 is 0 Å². The lowest BCUT2D eigenvalue weighted by molar-refractivity contribution is -0.0865. The summed E-state index contributed by atoms with van der Waals surface area (Å²) in [7, 11) is 1.40. The van der Waals surface area contributed by atoms with Crippen LogP contribution in [0.3, 0.4) is 0 Å². The molecule has 1 aromatic carbocycles. The lowest BCUT2D eigenvalue weighted by Crippen LogP contribution is -2.35. The Morgan fingerprint density at radius 2 is 2.03 bits per heavy atom.